The van der Waals surface area contributed by atoms with Crippen molar-refractivity contribution in [3.63, 3.8) is 0 Å². The van der Waals surface area contributed by atoms with Gasteiger partial charge in [-0.1, -0.05) is 104 Å². The lowest BCUT2D eigenvalue weighted by Gasteiger charge is -2.21. The highest BCUT2D eigenvalue weighted by molar-refractivity contribution is 5.81. The lowest BCUT2D eigenvalue weighted by molar-refractivity contribution is 0.855. The highest BCUT2D eigenvalue weighted by Gasteiger charge is 2.52. The second-order valence-corrected chi connectivity index (χ2v) is 9.80. The Balaban J connectivity index is 1.31. The van der Waals surface area contributed by atoms with Gasteiger partial charge in [0.2, 0.25) is 0 Å². The van der Waals surface area contributed by atoms with Crippen LogP contribution in [0.4, 0.5) is 5.69 Å². The van der Waals surface area contributed by atoms with Gasteiger partial charge in [0.05, 0.1) is 16.9 Å². The van der Waals surface area contributed by atoms with Crippen molar-refractivity contribution in [2.24, 2.45) is 5.92 Å². The minimum Gasteiger partial charge on any atom is -0.375 e. The van der Waals surface area contributed by atoms with Crippen molar-refractivity contribution in [2.45, 2.75) is 38.1 Å². The molecule has 1 aromatic heterocycles. The first-order chi connectivity index (χ1) is 17.7. The van der Waals surface area contributed by atoms with E-state index in [1.807, 2.05) is 18.2 Å². The fraction of sp³-hybridized carbons (Fsp3) is 0.212. The summed E-state index contributed by atoms with van der Waals surface area (Å²) in [5, 5.41) is 3.85. The Hall–Kier alpha value is -3.98. The zero-order valence-corrected chi connectivity index (χ0v) is 20.7. The summed E-state index contributed by atoms with van der Waals surface area (Å²) in [5.41, 5.74) is 7.81. The van der Waals surface area contributed by atoms with E-state index >= 15 is 0 Å². The van der Waals surface area contributed by atoms with Crippen LogP contribution >= 0.6 is 0 Å². The highest BCUT2D eigenvalue weighted by atomic mass is 15.0. The van der Waals surface area contributed by atoms with Gasteiger partial charge in [-0.25, -0.2) is 9.97 Å². The molecule has 2 unspecified atom stereocenters. The third-order valence-electron chi connectivity index (χ3n) is 7.21. The molecule has 3 aliphatic carbocycles. The Bertz CT molecular complexity index is 1420. The Kier molecular flexibility index (Phi) is 5.98. The molecule has 36 heavy (non-hydrogen) atoms. The summed E-state index contributed by atoms with van der Waals surface area (Å²) >= 11 is 0. The molecule has 1 N–H and O–H groups in total. The smallest absolute Gasteiger partial charge is 0.160 e. The van der Waals surface area contributed by atoms with E-state index in [2.05, 4.69) is 103 Å². The molecular weight excluding hydrogens is 438 g/mol. The highest BCUT2D eigenvalue weighted by Crippen LogP contribution is 2.52. The van der Waals surface area contributed by atoms with Gasteiger partial charge in [-0.2, -0.15) is 0 Å². The number of allylic oxidation sites excluding steroid dienone is 7. The van der Waals surface area contributed by atoms with E-state index in [1.165, 1.54) is 22.4 Å². The Morgan fingerprint density at radius 3 is 2.53 bits per heavy atom. The summed E-state index contributed by atoms with van der Waals surface area (Å²) in [7, 11) is 0. The SMILES string of the molecule is CC/C=C/c1ccccc1NC12C=CC(c3cc(C4=CCCC=C4)nc(-c4ccccc4)n3)=CC1C2. The molecule has 3 heteroatoms. The van der Waals surface area contributed by atoms with Crippen LogP contribution in [0.1, 0.15) is 49.6 Å². The molecule has 0 amide bonds. The Labute approximate surface area is 213 Å². The standard InChI is InChI=1S/C33H31N3/c1-2-3-12-24-15-10-11-18-29(24)36-33-20-19-27(21-28(33)23-33)31-22-30(25-13-6-4-7-14-25)34-32(35-31)26-16-8-5-9-17-26/h3,5-6,8-22,28,36H,2,4,7,23H2,1H3/b12-3+. The zero-order chi connectivity index (χ0) is 24.4. The second kappa shape index (κ2) is 9.58. The van der Waals surface area contributed by atoms with E-state index in [4.69, 9.17) is 9.97 Å². The van der Waals surface area contributed by atoms with Gasteiger partial charge in [-0.15, -0.1) is 0 Å². The molecule has 2 atom stereocenters. The zero-order valence-electron chi connectivity index (χ0n) is 20.7. The van der Waals surface area contributed by atoms with Crippen molar-refractivity contribution in [3.8, 4) is 11.4 Å². The fourth-order valence-corrected chi connectivity index (χ4v) is 5.09. The van der Waals surface area contributed by atoms with Crippen molar-refractivity contribution >= 4 is 22.9 Å². The van der Waals surface area contributed by atoms with Gasteiger partial charge < -0.3 is 5.32 Å². The summed E-state index contributed by atoms with van der Waals surface area (Å²) in [5.74, 6) is 1.23. The maximum Gasteiger partial charge on any atom is 0.160 e. The average molecular weight is 470 g/mol. The second-order valence-electron chi connectivity index (χ2n) is 9.80. The number of hydrogen-bond donors (Lipinski definition) is 1. The fourth-order valence-electron chi connectivity index (χ4n) is 5.09. The van der Waals surface area contributed by atoms with Crippen molar-refractivity contribution < 1.29 is 0 Å². The molecule has 1 heterocycles. The first-order valence-electron chi connectivity index (χ1n) is 13.0. The molecular formula is C33H31N3. The van der Waals surface area contributed by atoms with Gasteiger partial charge in [-0.3, -0.25) is 0 Å². The third kappa shape index (κ3) is 4.49. The summed E-state index contributed by atoms with van der Waals surface area (Å²) in [6, 6.07) is 21.0. The molecule has 3 nitrogen and oxygen atoms in total. The monoisotopic (exact) mass is 469 g/mol. The van der Waals surface area contributed by atoms with Crippen molar-refractivity contribution in [3.05, 3.63) is 120 Å². The first-order valence-corrected chi connectivity index (χ1v) is 13.0. The number of para-hydroxylation sites is 1. The van der Waals surface area contributed by atoms with Gasteiger partial charge in [0.25, 0.3) is 0 Å². The van der Waals surface area contributed by atoms with Crippen LogP contribution in [0, 0.1) is 5.92 Å². The van der Waals surface area contributed by atoms with Crippen LogP contribution in [0.25, 0.3) is 28.6 Å². The van der Waals surface area contributed by atoms with Crippen LogP contribution in [-0.4, -0.2) is 15.5 Å². The molecule has 0 saturated heterocycles. The summed E-state index contributed by atoms with van der Waals surface area (Å²) in [6.07, 6.45) is 22.4. The molecule has 1 fully saturated rings. The number of anilines is 1. The van der Waals surface area contributed by atoms with Crippen LogP contribution in [0.3, 0.4) is 0 Å². The topological polar surface area (TPSA) is 37.8 Å². The molecule has 0 spiro atoms. The summed E-state index contributed by atoms with van der Waals surface area (Å²) in [6.45, 7) is 2.17. The molecule has 2 aromatic carbocycles. The minimum absolute atomic E-state index is 0.00753. The van der Waals surface area contributed by atoms with Crippen molar-refractivity contribution in [1.29, 1.82) is 0 Å². The van der Waals surface area contributed by atoms with Crippen LogP contribution in [0.2, 0.25) is 0 Å². The Morgan fingerprint density at radius 2 is 1.75 bits per heavy atom. The molecule has 0 bridgehead atoms. The number of rotatable bonds is 7. The molecule has 178 valence electrons. The van der Waals surface area contributed by atoms with Gasteiger partial charge in [0, 0.05) is 17.2 Å². The Morgan fingerprint density at radius 1 is 0.944 bits per heavy atom. The average Bonchev–Trinajstić information content (AvgIpc) is 3.66. The van der Waals surface area contributed by atoms with Crippen LogP contribution in [-0.2, 0) is 0 Å². The molecule has 6 rings (SSSR count). The van der Waals surface area contributed by atoms with E-state index in [1.54, 1.807) is 0 Å². The minimum atomic E-state index is -0.00753. The molecule has 1 saturated carbocycles. The maximum absolute atomic E-state index is 5.02. The maximum atomic E-state index is 5.02. The van der Waals surface area contributed by atoms with E-state index in [0.717, 1.165) is 48.5 Å². The largest absolute Gasteiger partial charge is 0.375 e. The molecule has 3 aliphatic rings. The normalized spacial score (nSPS) is 22.2. The van der Waals surface area contributed by atoms with Gasteiger partial charge in [-0.05, 0) is 54.5 Å². The first kappa shape index (κ1) is 22.5. The number of nitrogens with zero attached hydrogens (tertiary/aromatic N) is 2. The number of fused-ring (bicyclic) bond motifs is 1. The van der Waals surface area contributed by atoms with Crippen LogP contribution in [0.5, 0.6) is 0 Å². The number of hydrogen-bond acceptors (Lipinski definition) is 3. The van der Waals surface area contributed by atoms with Gasteiger partial charge in [0.1, 0.15) is 0 Å². The predicted molar refractivity (Wildman–Crippen MR) is 151 cm³/mol. The molecule has 0 radical (unpaired) electrons. The van der Waals surface area contributed by atoms with E-state index in [0.29, 0.717) is 5.92 Å². The van der Waals surface area contributed by atoms with Crippen LogP contribution in [0.15, 0.2) is 103 Å². The molecule has 3 aromatic rings. The summed E-state index contributed by atoms with van der Waals surface area (Å²) in [4.78, 5) is 9.97. The lowest BCUT2D eigenvalue weighted by atomic mass is 9.97. The van der Waals surface area contributed by atoms with E-state index in [9.17, 15) is 0 Å². The third-order valence-corrected chi connectivity index (χ3v) is 7.21. The lowest BCUT2D eigenvalue weighted by Crippen LogP contribution is -2.23. The summed E-state index contributed by atoms with van der Waals surface area (Å²) < 4.78 is 0. The van der Waals surface area contributed by atoms with Gasteiger partial charge >= 0.3 is 0 Å². The van der Waals surface area contributed by atoms with Crippen molar-refractivity contribution in [2.75, 3.05) is 5.32 Å². The predicted octanol–water partition coefficient (Wildman–Crippen LogP) is 8.12. The van der Waals surface area contributed by atoms with Crippen LogP contribution < -0.4 is 5.32 Å². The number of aromatic nitrogens is 2. The quantitative estimate of drug-likeness (QED) is 0.380. The van der Waals surface area contributed by atoms with E-state index < -0.39 is 0 Å². The van der Waals surface area contributed by atoms with E-state index in [-0.39, 0.29) is 5.54 Å². The number of benzene rings is 2. The van der Waals surface area contributed by atoms with Crippen molar-refractivity contribution in [1.82, 2.24) is 9.97 Å². The number of nitrogens with one attached hydrogen (secondary N) is 1. The van der Waals surface area contributed by atoms with Gasteiger partial charge in [0.15, 0.2) is 5.82 Å². The molecule has 0 aliphatic heterocycles.